The van der Waals surface area contributed by atoms with E-state index in [2.05, 4.69) is 19.2 Å². The molecule has 1 heterocycles. The summed E-state index contributed by atoms with van der Waals surface area (Å²) in [6.07, 6.45) is 4.11. The minimum atomic E-state index is 0.0508. The maximum absolute atomic E-state index is 12.0. The second-order valence-electron chi connectivity index (χ2n) is 6.48. The summed E-state index contributed by atoms with van der Waals surface area (Å²) in [5.74, 6) is 0.776. The van der Waals surface area contributed by atoms with E-state index in [1.54, 1.807) is 0 Å². The van der Waals surface area contributed by atoms with E-state index in [0.29, 0.717) is 18.8 Å². The Kier molecular flexibility index (Phi) is 5.58. The van der Waals surface area contributed by atoms with Crippen LogP contribution in [0.25, 0.3) is 0 Å². The van der Waals surface area contributed by atoms with Crippen LogP contribution >= 0.6 is 0 Å². The average Bonchev–Trinajstić information content (AvgIpc) is 2.46. The highest BCUT2D eigenvalue weighted by molar-refractivity contribution is 5.96. The van der Waals surface area contributed by atoms with Gasteiger partial charge in [-0.3, -0.25) is 9.59 Å². The molecule has 0 saturated carbocycles. The van der Waals surface area contributed by atoms with Gasteiger partial charge in [0.1, 0.15) is 0 Å². The van der Waals surface area contributed by atoms with Crippen LogP contribution in [0.15, 0.2) is 18.2 Å². The molecule has 1 N–H and O–H groups in total. The van der Waals surface area contributed by atoms with Gasteiger partial charge in [-0.2, -0.15) is 0 Å². The third kappa shape index (κ3) is 4.33. The van der Waals surface area contributed by atoms with Gasteiger partial charge in [0.15, 0.2) is 0 Å². The van der Waals surface area contributed by atoms with E-state index >= 15 is 0 Å². The molecular weight excluding hydrogens is 276 g/mol. The van der Waals surface area contributed by atoms with Crippen LogP contribution in [0.3, 0.4) is 0 Å². The molecule has 0 radical (unpaired) electrons. The topological polar surface area (TPSA) is 49.4 Å². The molecule has 1 saturated heterocycles. The van der Waals surface area contributed by atoms with Crippen LogP contribution in [0.5, 0.6) is 0 Å². The van der Waals surface area contributed by atoms with Crippen LogP contribution in [0.2, 0.25) is 0 Å². The number of amides is 2. The molecule has 2 rings (SSSR count). The summed E-state index contributed by atoms with van der Waals surface area (Å²) in [5.41, 5.74) is 2.79. The van der Waals surface area contributed by atoms with Crippen molar-refractivity contribution in [3.8, 4) is 0 Å². The van der Waals surface area contributed by atoms with Gasteiger partial charge in [-0.1, -0.05) is 13.8 Å². The fourth-order valence-electron chi connectivity index (χ4n) is 2.74. The first-order chi connectivity index (χ1) is 10.5. The van der Waals surface area contributed by atoms with Crippen molar-refractivity contribution in [3.63, 3.8) is 0 Å². The number of benzene rings is 1. The number of hydrogen-bond acceptors (Lipinski definition) is 2. The minimum absolute atomic E-state index is 0.0508. The molecule has 4 nitrogen and oxygen atoms in total. The average molecular weight is 302 g/mol. The molecular formula is C18H26N2O2. The van der Waals surface area contributed by atoms with Crippen LogP contribution in [0.1, 0.15) is 51.5 Å². The molecule has 1 aromatic carbocycles. The monoisotopic (exact) mass is 302 g/mol. The number of piperidine rings is 1. The summed E-state index contributed by atoms with van der Waals surface area (Å²) < 4.78 is 0. The summed E-state index contributed by atoms with van der Waals surface area (Å²) in [7, 11) is 0. The molecule has 0 spiro atoms. The Balaban J connectivity index is 2.03. The van der Waals surface area contributed by atoms with Crippen LogP contribution in [0, 0.1) is 12.8 Å². The third-order valence-corrected chi connectivity index (χ3v) is 4.04. The van der Waals surface area contributed by atoms with E-state index in [1.807, 2.05) is 30.0 Å². The summed E-state index contributed by atoms with van der Waals surface area (Å²) >= 11 is 0. The molecule has 120 valence electrons. The Labute approximate surface area is 132 Å². The summed E-state index contributed by atoms with van der Waals surface area (Å²) in [6, 6.07) is 5.78. The largest absolute Gasteiger partial charge is 0.326 e. The minimum Gasteiger partial charge on any atom is -0.326 e. The van der Waals surface area contributed by atoms with Gasteiger partial charge in [-0.15, -0.1) is 0 Å². The van der Waals surface area contributed by atoms with Crippen molar-refractivity contribution in [2.75, 3.05) is 16.8 Å². The van der Waals surface area contributed by atoms with Gasteiger partial charge in [0, 0.05) is 30.8 Å². The fourth-order valence-corrected chi connectivity index (χ4v) is 2.74. The third-order valence-electron chi connectivity index (χ3n) is 4.04. The van der Waals surface area contributed by atoms with Crippen molar-refractivity contribution >= 4 is 23.2 Å². The number of rotatable bonds is 5. The number of carbonyl (C=O) groups is 2. The zero-order chi connectivity index (χ0) is 16.1. The smallest absolute Gasteiger partial charge is 0.226 e. The van der Waals surface area contributed by atoms with Gasteiger partial charge >= 0.3 is 0 Å². The molecule has 0 bridgehead atoms. The van der Waals surface area contributed by atoms with Gasteiger partial charge < -0.3 is 10.2 Å². The number of anilines is 2. The summed E-state index contributed by atoms with van der Waals surface area (Å²) in [6.45, 7) is 7.00. The number of carbonyl (C=O) groups excluding carboxylic acids is 2. The van der Waals surface area contributed by atoms with Crippen LogP contribution in [-0.2, 0) is 9.59 Å². The molecule has 1 aliphatic rings. The summed E-state index contributed by atoms with van der Waals surface area (Å²) in [4.78, 5) is 25.8. The van der Waals surface area contributed by atoms with E-state index in [0.717, 1.165) is 42.7 Å². The second-order valence-corrected chi connectivity index (χ2v) is 6.48. The van der Waals surface area contributed by atoms with E-state index < -0.39 is 0 Å². The number of nitrogens with zero attached hydrogens (tertiary/aromatic N) is 1. The zero-order valence-electron chi connectivity index (χ0n) is 13.8. The predicted octanol–water partition coefficient (Wildman–Crippen LogP) is 3.89. The molecule has 0 aliphatic carbocycles. The fraction of sp³-hybridized carbons (Fsp3) is 0.556. The van der Waals surface area contributed by atoms with E-state index in [1.165, 1.54) is 0 Å². The standard InChI is InChI=1S/C18H26N2O2/c1-13(2)7-10-17(21)19-15-8-9-16(14(3)12-15)20-11-5-4-6-18(20)22/h8-9,12-13H,4-7,10-11H2,1-3H3,(H,19,21). The van der Waals surface area contributed by atoms with Crippen molar-refractivity contribution in [1.29, 1.82) is 0 Å². The molecule has 1 fully saturated rings. The molecule has 4 heteroatoms. The number of nitrogens with one attached hydrogen (secondary N) is 1. The molecule has 22 heavy (non-hydrogen) atoms. The van der Waals surface area contributed by atoms with Gasteiger partial charge in [0.25, 0.3) is 0 Å². The number of hydrogen-bond donors (Lipinski definition) is 1. The van der Waals surface area contributed by atoms with E-state index in [-0.39, 0.29) is 11.8 Å². The lowest BCUT2D eigenvalue weighted by Gasteiger charge is -2.28. The zero-order valence-corrected chi connectivity index (χ0v) is 13.8. The maximum atomic E-state index is 12.0. The second kappa shape index (κ2) is 7.43. The van der Waals surface area contributed by atoms with Crippen molar-refractivity contribution < 1.29 is 9.59 Å². The van der Waals surface area contributed by atoms with Gasteiger partial charge in [-0.25, -0.2) is 0 Å². The Morgan fingerprint density at radius 1 is 1.32 bits per heavy atom. The highest BCUT2D eigenvalue weighted by atomic mass is 16.2. The molecule has 2 amide bonds. The predicted molar refractivity (Wildman–Crippen MR) is 90.1 cm³/mol. The van der Waals surface area contributed by atoms with Crippen LogP contribution in [0.4, 0.5) is 11.4 Å². The van der Waals surface area contributed by atoms with Gasteiger partial charge in [-0.05, 0) is 55.9 Å². The lowest BCUT2D eigenvalue weighted by Crippen LogP contribution is -2.35. The van der Waals surface area contributed by atoms with Gasteiger partial charge in [0.2, 0.25) is 11.8 Å². The number of aryl methyl sites for hydroxylation is 1. The maximum Gasteiger partial charge on any atom is 0.226 e. The Hall–Kier alpha value is -1.84. The quantitative estimate of drug-likeness (QED) is 0.897. The Morgan fingerprint density at radius 2 is 2.09 bits per heavy atom. The van der Waals surface area contributed by atoms with E-state index in [9.17, 15) is 9.59 Å². The lowest BCUT2D eigenvalue weighted by atomic mass is 10.1. The van der Waals surface area contributed by atoms with Crippen LogP contribution in [-0.4, -0.2) is 18.4 Å². The first-order valence-corrected chi connectivity index (χ1v) is 8.18. The molecule has 1 aromatic rings. The highest BCUT2D eigenvalue weighted by Gasteiger charge is 2.21. The lowest BCUT2D eigenvalue weighted by molar-refractivity contribution is -0.119. The van der Waals surface area contributed by atoms with Crippen molar-refractivity contribution in [2.24, 2.45) is 5.92 Å². The first-order valence-electron chi connectivity index (χ1n) is 8.18. The molecule has 0 unspecified atom stereocenters. The molecule has 0 aromatic heterocycles. The Morgan fingerprint density at radius 3 is 2.73 bits per heavy atom. The van der Waals surface area contributed by atoms with Crippen molar-refractivity contribution in [2.45, 2.75) is 52.9 Å². The Bertz CT molecular complexity index is 552. The van der Waals surface area contributed by atoms with E-state index in [4.69, 9.17) is 0 Å². The van der Waals surface area contributed by atoms with Crippen molar-refractivity contribution in [1.82, 2.24) is 0 Å². The normalized spacial score (nSPS) is 15.3. The summed E-state index contributed by atoms with van der Waals surface area (Å²) in [5, 5.41) is 2.94. The molecule has 0 atom stereocenters. The highest BCUT2D eigenvalue weighted by Crippen LogP contribution is 2.27. The molecule has 1 aliphatic heterocycles. The SMILES string of the molecule is Cc1cc(NC(=O)CCC(C)C)ccc1N1CCCCC1=O. The van der Waals surface area contributed by atoms with Crippen molar-refractivity contribution in [3.05, 3.63) is 23.8 Å². The first kappa shape index (κ1) is 16.5. The van der Waals surface area contributed by atoms with Gasteiger partial charge in [0.05, 0.1) is 0 Å². The van der Waals surface area contributed by atoms with Crippen LogP contribution < -0.4 is 10.2 Å².